The van der Waals surface area contributed by atoms with Crippen molar-refractivity contribution in [1.82, 2.24) is 28.9 Å². The summed E-state index contributed by atoms with van der Waals surface area (Å²) in [5.41, 5.74) is 21.3. The second-order valence-electron chi connectivity index (χ2n) is 9.17. The number of carbonyl (C=O) groups excluding carboxylic acids is 3. The Labute approximate surface area is 228 Å². The van der Waals surface area contributed by atoms with Gasteiger partial charge in [-0.3, -0.25) is 24.4 Å². The van der Waals surface area contributed by atoms with Crippen LogP contribution in [0.1, 0.15) is 43.8 Å². The summed E-state index contributed by atoms with van der Waals surface area (Å²) in [4.78, 5) is 45.3. The van der Waals surface area contributed by atoms with Crippen LogP contribution >= 0.6 is 0 Å². The Bertz CT molecular complexity index is 1830. The molecule has 0 unspecified atom stereocenters. The van der Waals surface area contributed by atoms with Gasteiger partial charge in [-0.15, -0.1) is 0 Å². The van der Waals surface area contributed by atoms with Crippen molar-refractivity contribution < 1.29 is 14.4 Å². The van der Waals surface area contributed by atoms with Crippen molar-refractivity contribution in [2.75, 3.05) is 11.1 Å². The Kier molecular flexibility index (Phi) is 6.78. The fourth-order valence-electron chi connectivity index (χ4n) is 4.55. The molecule has 0 saturated heterocycles. The van der Waals surface area contributed by atoms with Crippen molar-refractivity contribution >= 4 is 51.7 Å². The molecule has 0 aliphatic rings. The average Bonchev–Trinajstić information content (AvgIpc) is 3.57. The molecule has 3 aromatic heterocycles. The maximum absolute atomic E-state index is 13.2. The fourth-order valence-corrected chi connectivity index (χ4v) is 4.55. The number of anilines is 2. The van der Waals surface area contributed by atoms with E-state index in [1.165, 1.54) is 0 Å². The Morgan fingerprint density at radius 2 is 1.45 bits per heavy atom. The number of rotatable bonds is 9. The van der Waals surface area contributed by atoms with E-state index in [4.69, 9.17) is 17.2 Å². The molecule has 204 valence electrons. The Morgan fingerprint density at radius 1 is 0.875 bits per heavy atom. The van der Waals surface area contributed by atoms with Gasteiger partial charge in [0, 0.05) is 30.8 Å². The SMILES string of the molecule is CCn1nc(C)cc1C(=O)Nc1nc2cc(C(N)=O)ccc2n1C/C=C/Cn1c(N)nc2cc(C(N)=O)ccc21. The standard InChI is InChI=1S/C27H28N10O3/c1-3-37-22(12-15(2)34-37)25(40)33-27-32-19-14-17(24(29)39)7-9-21(19)36(27)11-5-4-10-35-20-8-6-16(23(28)38)13-18(20)31-26(35)30/h4-9,12-14H,3,10-11H2,1-2H3,(H2,28,38)(H2,29,39)(H2,30,31)(H,32,33,40)/b5-4+. The number of hydrogen-bond donors (Lipinski definition) is 4. The lowest BCUT2D eigenvalue weighted by molar-refractivity contribution is 0.0992. The van der Waals surface area contributed by atoms with E-state index in [0.717, 1.165) is 11.2 Å². The number of amides is 3. The van der Waals surface area contributed by atoms with Crippen LogP contribution in [0.3, 0.4) is 0 Å². The molecule has 0 atom stereocenters. The third kappa shape index (κ3) is 4.87. The molecule has 5 aromatic rings. The molecule has 0 fully saturated rings. The van der Waals surface area contributed by atoms with E-state index in [1.54, 1.807) is 51.7 Å². The summed E-state index contributed by atoms with van der Waals surface area (Å²) >= 11 is 0. The smallest absolute Gasteiger partial charge is 0.276 e. The number of nitrogens with two attached hydrogens (primary N) is 3. The van der Waals surface area contributed by atoms with Gasteiger partial charge < -0.3 is 26.3 Å². The van der Waals surface area contributed by atoms with Crippen LogP contribution in [-0.2, 0) is 19.6 Å². The van der Waals surface area contributed by atoms with Gasteiger partial charge in [-0.2, -0.15) is 5.10 Å². The van der Waals surface area contributed by atoms with E-state index in [9.17, 15) is 14.4 Å². The maximum Gasteiger partial charge on any atom is 0.276 e. The summed E-state index contributed by atoms with van der Waals surface area (Å²) in [5, 5.41) is 7.22. The first-order valence-electron chi connectivity index (χ1n) is 12.5. The van der Waals surface area contributed by atoms with E-state index < -0.39 is 11.8 Å². The number of primary amides is 2. The van der Waals surface area contributed by atoms with Crippen molar-refractivity contribution in [3.8, 4) is 0 Å². The number of allylic oxidation sites excluding steroid dienone is 2. The topological polar surface area (TPSA) is 195 Å². The molecule has 0 aliphatic heterocycles. The third-order valence-electron chi connectivity index (χ3n) is 6.50. The van der Waals surface area contributed by atoms with E-state index in [1.807, 2.05) is 30.6 Å². The van der Waals surface area contributed by atoms with Crippen molar-refractivity contribution in [3.63, 3.8) is 0 Å². The molecule has 0 bridgehead atoms. The lowest BCUT2D eigenvalue weighted by Gasteiger charge is -2.09. The summed E-state index contributed by atoms with van der Waals surface area (Å²) in [5.74, 6) is -0.866. The number of imidazole rings is 2. The Balaban J connectivity index is 1.43. The van der Waals surface area contributed by atoms with Crippen molar-refractivity contribution in [2.24, 2.45) is 11.5 Å². The summed E-state index contributed by atoms with van der Waals surface area (Å²) in [6.07, 6.45) is 3.81. The van der Waals surface area contributed by atoms with Gasteiger partial charge in [-0.1, -0.05) is 12.2 Å². The first-order valence-corrected chi connectivity index (χ1v) is 12.5. The number of aryl methyl sites for hydroxylation is 2. The lowest BCUT2D eigenvalue weighted by atomic mass is 10.2. The number of aromatic nitrogens is 6. The Morgan fingerprint density at radius 3 is 2.05 bits per heavy atom. The van der Waals surface area contributed by atoms with Crippen LogP contribution in [-0.4, -0.2) is 46.6 Å². The van der Waals surface area contributed by atoms with E-state index in [-0.39, 0.29) is 5.91 Å². The molecule has 0 aliphatic carbocycles. The van der Waals surface area contributed by atoms with Crippen LogP contribution in [0.15, 0.2) is 54.6 Å². The molecule has 13 heteroatoms. The summed E-state index contributed by atoms with van der Waals surface area (Å²) in [6, 6.07) is 11.6. The normalized spacial score (nSPS) is 11.6. The van der Waals surface area contributed by atoms with Gasteiger partial charge in [0.15, 0.2) is 0 Å². The molecule has 0 spiro atoms. The van der Waals surface area contributed by atoms with Gasteiger partial charge in [0.05, 0.1) is 27.8 Å². The predicted octanol–water partition coefficient (Wildman–Crippen LogP) is 2.20. The Hall–Kier alpha value is -5.46. The maximum atomic E-state index is 13.2. The highest BCUT2D eigenvalue weighted by molar-refractivity contribution is 6.03. The number of nitrogens with zero attached hydrogens (tertiary/aromatic N) is 6. The van der Waals surface area contributed by atoms with Crippen LogP contribution in [0.25, 0.3) is 22.1 Å². The highest BCUT2D eigenvalue weighted by atomic mass is 16.2. The molecule has 3 heterocycles. The number of carbonyl (C=O) groups is 3. The highest BCUT2D eigenvalue weighted by Crippen LogP contribution is 2.23. The largest absolute Gasteiger partial charge is 0.369 e. The highest BCUT2D eigenvalue weighted by Gasteiger charge is 2.18. The number of nitrogens with one attached hydrogen (secondary N) is 1. The molecule has 5 rings (SSSR count). The molecule has 13 nitrogen and oxygen atoms in total. The first kappa shape index (κ1) is 26.2. The quantitative estimate of drug-likeness (QED) is 0.206. The monoisotopic (exact) mass is 540 g/mol. The zero-order chi connectivity index (χ0) is 28.6. The average molecular weight is 541 g/mol. The van der Waals surface area contributed by atoms with Crippen LogP contribution in [0.2, 0.25) is 0 Å². The molecule has 3 amide bonds. The minimum atomic E-state index is -0.572. The van der Waals surface area contributed by atoms with Crippen molar-refractivity contribution in [3.05, 3.63) is 77.1 Å². The second kappa shape index (κ2) is 10.4. The number of fused-ring (bicyclic) bond motifs is 2. The van der Waals surface area contributed by atoms with Gasteiger partial charge in [-0.25, -0.2) is 9.97 Å². The van der Waals surface area contributed by atoms with E-state index in [0.29, 0.717) is 64.9 Å². The zero-order valence-electron chi connectivity index (χ0n) is 22.0. The third-order valence-corrected chi connectivity index (χ3v) is 6.50. The predicted molar refractivity (Wildman–Crippen MR) is 151 cm³/mol. The molecular weight excluding hydrogens is 512 g/mol. The number of benzene rings is 2. The van der Waals surface area contributed by atoms with Gasteiger partial charge in [-0.05, 0) is 56.3 Å². The summed E-state index contributed by atoms with van der Waals surface area (Å²) < 4.78 is 5.25. The van der Waals surface area contributed by atoms with Crippen molar-refractivity contribution in [1.29, 1.82) is 0 Å². The van der Waals surface area contributed by atoms with Gasteiger partial charge >= 0.3 is 0 Å². The van der Waals surface area contributed by atoms with Crippen LogP contribution < -0.4 is 22.5 Å². The first-order chi connectivity index (χ1) is 19.2. The lowest BCUT2D eigenvalue weighted by Crippen LogP contribution is -2.19. The second-order valence-corrected chi connectivity index (χ2v) is 9.17. The van der Waals surface area contributed by atoms with Gasteiger partial charge in [0.2, 0.25) is 23.7 Å². The van der Waals surface area contributed by atoms with E-state index >= 15 is 0 Å². The van der Waals surface area contributed by atoms with Crippen LogP contribution in [0.4, 0.5) is 11.9 Å². The zero-order valence-corrected chi connectivity index (χ0v) is 22.0. The molecule has 0 radical (unpaired) electrons. The number of hydrogen-bond acceptors (Lipinski definition) is 7. The minimum Gasteiger partial charge on any atom is -0.369 e. The fraction of sp³-hybridized carbons (Fsp3) is 0.185. The van der Waals surface area contributed by atoms with Crippen molar-refractivity contribution in [2.45, 2.75) is 33.5 Å². The minimum absolute atomic E-state index is 0.295. The number of nitrogen functional groups attached to an aromatic ring is 1. The molecule has 0 saturated carbocycles. The summed E-state index contributed by atoms with van der Waals surface area (Å²) in [7, 11) is 0. The molecular formula is C27H28N10O3. The molecule has 2 aromatic carbocycles. The molecule has 40 heavy (non-hydrogen) atoms. The van der Waals surface area contributed by atoms with Gasteiger partial charge in [0.1, 0.15) is 5.69 Å². The van der Waals surface area contributed by atoms with Crippen LogP contribution in [0, 0.1) is 6.92 Å². The van der Waals surface area contributed by atoms with Crippen LogP contribution in [0.5, 0.6) is 0 Å². The van der Waals surface area contributed by atoms with Gasteiger partial charge in [0.25, 0.3) is 5.91 Å². The molecule has 7 N–H and O–H groups in total. The van der Waals surface area contributed by atoms with E-state index in [2.05, 4.69) is 20.4 Å². The summed E-state index contributed by atoms with van der Waals surface area (Å²) in [6.45, 7) is 5.02.